The molecule has 0 saturated carbocycles. The van der Waals surface area contributed by atoms with Gasteiger partial charge < -0.3 is 15.4 Å². The van der Waals surface area contributed by atoms with Crippen LogP contribution in [0.3, 0.4) is 0 Å². The molecule has 0 spiro atoms. The van der Waals surface area contributed by atoms with E-state index >= 15 is 0 Å². The summed E-state index contributed by atoms with van der Waals surface area (Å²) < 4.78 is 28.3. The number of carbonyl (C=O) groups excluding carboxylic acids is 1. The van der Waals surface area contributed by atoms with Gasteiger partial charge in [-0.05, 0) is 12.8 Å². The Balaban J connectivity index is 2.24. The van der Waals surface area contributed by atoms with E-state index in [0.717, 1.165) is 6.42 Å². The minimum Gasteiger partial charge on any atom is -0.383 e. The molecule has 2 N–H and O–H groups in total. The van der Waals surface area contributed by atoms with Gasteiger partial charge in [-0.3, -0.25) is 4.79 Å². The number of amides is 1. The summed E-state index contributed by atoms with van der Waals surface area (Å²) in [6.07, 6.45) is 1.93. The molecule has 1 atom stereocenters. The van der Waals surface area contributed by atoms with Gasteiger partial charge in [0.25, 0.3) is 0 Å². The number of hydrogen-bond acceptors (Lipinski definition) is 5. The molecule has 0 aromatic heterocycles. The summed E-state index contributed by atoms with van der Waals surface area (Å²) in [5.41, 5.74) is 0. The van der Waals surface area contributed by atoms with Crippen molar-refractivity contribution in [3.8, 4) is 0 Å². The second-order valence-corrected chi connectivity index (χ2v) is 6.69. The first-order chi connectivity index (χ1) is 8.58. The Labute approximate surface area is 108 Å². The first-order valence-corrected chi connectivity index (χ1v) is 7.98. The van der Waals surface area contributed by atoms with Crippen LogP contribution < -0.4 is 10.6 Å². The Bertz CT molecular complexity index is 356. The fourth-order valence-electron chi connectivity index (χ4n) is 1.94. The molecule has 0 aromatic rings. The number of hydrogen-bond donors (Lipinski definition) is 2. The Morgan fingerprint density at radius 3 is 2.72 bits per heavy atom. The van der Waals surface area contributed by atoms with Crippen LogP contribution in [-0.2, 0) is 19.4 Å². The summed E-state index contributed by atoms with van der Waals surface area (Å²) in [7, 11) is -1.60. The van der Waals surface area contributed by atoms with Crippen LogP contribution in [0.4, 0.5) is 0 Å². The van der Waals surface area contributed by atoms with E-state index in [0.29, 0.717) is 39.1 Å². The number of sulfone groups is 1. The van der Waals surface area contributed by atoms with Crippen LogP contribution in [0.25, 0.3) is 0 Å². The maximum atomic E-state index is 11.8. The van der Waals surface area contributed by atoms with Crippen molar-refractivity contribution >= 4 is 15.7 Å². The second kappa shape index (κ2) is 7.70. The lowest BCUT2D eigenvalue weighted by atomic mass is 10.2. The molecule has 7 heteroatoms. The monoisotopic (exact) mass is 278 g/mol. The Hall–Kier alpha value is -0.660. The van der Waals surface area contributed by atoms with Crippen molar-refractivity contribution in [1.82, 2.24) is 10.6 Å². The minimum atomic E-state index is -3.23. The molecule has 1 aliphatic rings. The topological polar surface area (TPSA) is 84.5 Å². The van der Waals surface area contributed by atoms with Crippen molar-refractivity contribution in [3.05, 3.63) is 0 Å². The molecule has 0 bridgehead atoms. The lowest BCUT2D eigenvalue weighted by molar-refractivity contribution is -0.120. The molecule has 1 saturated heterocycles. The third kappa shape index (κ3) is 4.91. The highest BCUT2D eigenvalue weighted by Gasteiger charge is 2.34. The average molecular weight is 278 g/mol. The van der Waals surface area contributed by atoms with Gasteiger partial charge in [0.05, 0.1) is 12.4 Å². The van der Waals surface area contributed by atoms with Crippen LogP contribution in [-0.4, -0.2) is 58.7 Å². The second-order valence-electron chi connectivity index (χ2n) is 4.39. The van der Waals surface area contributed by atoms with E-state index in [-0.39, 0.29) is 11.7 Å². The Kier molecular flexibility index (Phi) is 6.59. The van der Waals surface area contributed by atoms with Crippen LogP contribution in [0.2, 0.25) is 0 Å². The summed E-state index contributed by atoms with van der Waals surface area (Å²) >= 11 is 0. The van der Waals surface area contributed by atoms with E-state index in [1.54, 1.807) is 7.11 Å². The zero-order valence-electron chi connectivity index (χ0n) is 10.8. The number of rotatable bonds is 7. The average Bonchev–Trinajstić information content (AvgIpc) is 2.32. The normalized spacial score (nSPS) is 22.6. The molecule has 1 aliphatic heterocycles. The van der Waals surface area contributed by atoms with E-state index in [1.165, 1.54) is 0 Å². The Morgan fingerprint density at radius 1 is 1.28 bits per heavy atom. The third-order valence-electron chi connectivity index (χ3n) is 2.96. The largest absolute Gasteiger partial charge is 0.383 e. The van der Waals surface area contributed by atoms with E-state index in [2.05, 4.69) is 10.6 Å². The van der Waals surface area contributed by atoms with Crippen LogP contribution in [0, 0.1) is 0 Å². The highest BCUT2D eigenvalue weighted by Crippen LogP contribution is 2.19. The van der Waals surface area contributed by atoms with Gasteiger partial charge in [0.2, 0.25) is 5.91 Å². The number of carbonyl (C=O) groups is 1. The zero-order chi connectivity index (χ0) is 13.4. The van der Waals surface area contributed by atoms with Gasteiger partial charge in [-0.1, -0.05) is 6.42 Å². The summed E-state index contributed by atoms with van der Waals surface area (Å²) in [5.74, 6) is -0.222. The van der Waals surface area contributed by atoms with Crippen molar-refractivity contribution in [1.29, 1.82) is 0 Å². The highest BCUT2D eigenvalue weighted by atomic mass is 32.2. The van der Waals surface area contributed by atoms with E-state index in [9.17, 15) is 13.2 Å². The molecule has 1 fully saturated rings. The number of ether oxygens (including phenoxy) is 1. The fourth-order valence-corrected chi connectivity index (χ4v) is 3.76. The molecule has 6 nitrogen and oxygen atoms in total. The van der Waals surface area contributed by atoms with Gasteiger partial charge in [0.15, 0.2) is 9.84 Å². The molecule has 0 aromatic carbocycles. The van der Waals surface area contributed by atoms with Gasteiger partial charge in [0.1, 0.15) is 5.25 Å². The number of methoxy groups -OCH3 is 1. The predicted molar refractivity (Wildman–Crippen MR) is 69.2 cm³/mol. The first kappa shape index (κ1) is 15.4. The first-order valence-electron chi connectivity index (χ1n) is 6.27. The molecule has 0 aliphatic carbocycles. The lowest BCUT2D eigenvalue weighted by Gasteiger charge is -2.21. The molecule has 1 unspecified atom stereocenters. The maximum absolute atomic E-state index is 11.8. The molecule has 1 rings (SSSR count). The quantitative estimate of drug-likeness (QED) is 0.602. The predicted octanol–water partition coefficient (Wildman–Crippen LogP) is -0.694. The van der Waals surface area contributed by atoms with Crippen molar-refractivity contribution in [3.63, 3.8) is 0 Å². The van der Waals surface area contributed by atoms with Crippen molar-refractivity contribution in [2.24, 2.45) is 0 Å². The maximum Gasteiger partial charge on any atom is 0.238 e. The van der Waals surface area contributed by atoms with Gasteiger partial charge in [-0.2, -0.15) is 0 Å². The van der Waals surface area contributed by atoms with E-state index in [4.69, 9.17) is 4.74 Å². The van der Waals surface area contributed by atoms with Crippen LogP contribution >= 0.6 is 0 Å². The van der Waals surface area contributed by atoms with Gasteiger partial charge in [-0.25, -0.2) is 8.42 Å². The van der Waals surface area contributed by atoms with Crippen molar-refractivity contribution in [2.45, 2.75) is 24.5 Å². The summed E-state index contributed by atoms with van der Waals surface area (Å²) in [5, 5.41) is 4.90. The van der Waals surface area contributed by atoms with E-state index in [1.807, 2.05) is 0 Å². The third-order valence-corrected chi connectivity index (χ3v) is 5.13. The van der Waals surface area contributed by atoms with Crippen molar-refractivity contribution in [2.75, 3.05) is 39.1 Å². The molecule has 0 radical (unpaired) electrons. The lowest BCUT2D eigenvalue weighted by Crippen LogP contribution is -2.44. The number of nitrogens with one attached hydrogen (secondary N) is 2. The smallest absolute Gasteiger partial charge is 0.238 e. The van der Waals surface area contributed by atoms with Gasteiger partial charge in [0, 0.05) is 26.7 Å². The summed E-state index contributed by atoms with van der Waals surface area (Å²) in [4.78, 5) is 11.8. The molecule has 1 heterocycles. The van der Waals surface area contributed by atoms with E-state index < -0.39 is 15.1 Å². The standard InChI is InChI=1S/C11H22N2O4S/c1-17-8-7-12-5-6-13-11(14)10-4-2-3-9-18(10,15)16/h10,12H,2-9H2,1H3,(H,13,14). The highest BCUT2D eigenvalue weighted by molar-refractivity contribution is 7.92. The SMILES string of the molecule is COCCNCCNC(=O)C1CCCCS1(=O)=O. The zero-order valence-corrected chi connectivity index (χ0v) is 11.6. The van der Waals surface area contributed by atoms with Gasteiger partial charge >= 0.3 is 0 Å². The van der Waals surface area contributed by atoms with Crippen molar-refractivity contribution < 1.29 is 17.9 Å². The van der Waals surface area contributed by atoms with Crippen LogP contribution in [0.1, 0.15) is 19.3 Å². The molecule has 18 heavy (non-hydrogen) atoms. The fraction of sp³-hybridized carbons (Fsp3) is 0.909. The van der Waals surface area contributed by atoms with Crippen LogP contribution in [0.15, 0.2) is 0 Å². The molecular weight excluding hydrogens is 256 g/mol. The molecule has 106 valence electrons. The minimum absolute atomic E-state index is 0.136. The Morgan fingerprint density at radius 2 is 2.06 bits per heavy atom. The summed E-state index contributed by atoms with van der Waals surface area (Å²) in [6, 6.07) is 0. The molecule has 1 amide bonds. The summed E-state index contributed by atoms with van der Waals surface area (Å²) in [6.45, 7) is 2.38. The van der Waals surface area contributed by atoms with Crippen LogP contribution in [0.5, 0.6) is 0 Å². The molecular formula is C11H22N2O4S. The van der Waals surface area contributed by atoms with Gasteiger partial charge in [-0.15, -0.1) is 0 Å².